The number of alkyl halides is 1. The quantitative estimate of drug-likeness (QED) is 0.800. The summed E-state index contributed by atoms with van der Waals surface area (Å²) >= 11 is 5.82. The molecule has 0 N–H and O–H groups in total. The van der Waals surface area contributed by atoms with Crippen LogP contribution in [0.5, 0.6) is 0 Å². The van der Waals surface area contributed by atoms with Crippen molar-refractivity contribution >= 4 is 21.6 Å². The number of nitrogens with zero attached hydrogens (tertiary/aromatic N) is 1. The molecule has 1 aliphatic heterocycles. The number of rotatable bonds is 3. The molecule has 1 fully saturated rings. The second-order valence-corrected chi connectivity index (χ2v) is 7.85. The number of halogens is 1. The van der Waals surface area contributed by atoms with Gasteiger partial charge in [0.15, 0.2) is 0 Å². The summed E-state index contributed by atoms with van der Waals surface area (Å²) in [5.41, 5.74) is 1.63. The lowest BCUT2D eigenvalue weighted by molar-refractivity contribution is 0.416. The minimum atomic E-state index is -3.40. The van der Waals surface area contributed by atoms with Gasteiger partial charge in [-0.15, -0.1) is 11.6 Å². The first-order chi connectivity index (χ1) is 9.45. The highest BCUT2D eigenvalue weighted by Crippen LogP contribution is 2.26. The molecule has 1 atom stereocenters. The van der Waals surface area contributed by atoms with Gasteiger partial charge < -0.3 is 0 Å². The van der Waals surface area contributed by atoms with Crippen LogP contribution < -0.4 is 0 Å². The third kappa shape index (κ3) is 3.35. The zero-order valence-corrected chi connectivity index (χ0v) is 13.7. The standard InChI is InChI=1S/C15H22ClNO2S/c1-12-4-3-8-17(9-7-12)20(18,19)15-10-14(11-16)6-5-13(15)2/h5-6,10,12H,3-4,7-9,11H2,1-2H3. The van der Waals surface area contributed by atoms with Gasteiger partial charge in [-0.25, -0.2) is 8.42 Å². The molecule has 1 aromatic carbocycles. The van der Waals surface area contributed by atoms with Crippen molar-refractivity contribution in [3.63, 3.8) is 0 Å². The van der Waals surface area contributed by atoms with Gasteiger partial charge >= 0.3 is 0 Å². The van der Waals surface area contributed by atoms with E-state index in [1.165, 1.54) is 0 Å². The van der Waals surface area contributed by atoms with E-state index >= 15 is 0 Å². The van der Waals surface area contributed by atoms with Gasteiger partial charge in [-0.05, 0) is 49.3 Å². The molecule has 1 aromatic rings. The second-order valence-electron chi connectivity index (χ2n) is 5.67. The topological polar surface area (TPSA) is 37.4 Å². The molecule has 0 radical (unpaired) electrons. The molecule has 1 aliphatic rings. The van der Waals surface area contributed by atoms with Crippen LogP contribution >= 0.6 is 11.6 Å². The Morgan fingerprint density at radius 2 is 2.05 bits per heavy atom. The zero-order valence-electron chi connectivity index (χ0n) is 12.1. The highest BCUT2D eigenvalue weighted by atomic mass is 35.5. The highest BCUT2D eigenvalue weighted by Gasteiger charge is 2.27. The van der Waals surface area contributed by atoms with Gasteiger partial charge in [-0.2, -0.15) is 4.31 Å². The Kier molecular flexibility index (Phi) is 5.10. The van der Waals surface area contributed by atoms with E-state index in [2.05, 4.69) is 6.92 Å². The van der Waals surface area contributed by atoms with E-state index in [1.807, 2.05) is 19.1 Å². The van der Waals surface area contributed by atoms with Crippen LogP contribution in [0.1, 0.15) is 37.3 Å². The third-order valence-corrected chi connectivity index (χ3v) is 6.35. The normalized spacial score (nSPS) is 21.6. The van der Waals surface area contributed by atoms with E-state index in [1.54, 1.807) is 10.4 Å². The fourth-order valence-corrected chi connectivity index (χ4v) is 4.56. The maximum absolute atomic E-state index is 12.8. The summed E-state index contributed by atoms with van der Waals surface area (Å²) in [5.74, 6) is 0.935. The molecule has 1 heterocycles. The van der Waals surface area contributed by atoms with Crippen molar-refractivity contribution in [2.45, 2.75) is 43.9 Å². The van der Waals surface area contributed by atoms with Crippen LogP contribution in [0.25, 0.3) is 0 Å². The van der Waals surface area contributed by atoms with Crippen molar-refractivity contribution in [2.75, 3.05) is 13.1 Å². The molecule has 112 valence electrons. The van der Waals surface area contributed by atoms with Crippen molar-refractivity contribution in [1.29, 1.82) is 0 Å². The molecule has 0 bridgehead atoms. The van der Waals surface area contributed by atoms with Gasteiger partial charge in [-0.3, -0.25) is 0 Å². The average Bonchev–Trinajstić information content (AvgIpc) is 2.64. The van der Waals surface area contributed by atoms with Gasteiger partial charge in [0, 0.05) is 19.0 Å². The van der Waals surface area contributed by atoms with Crippen LogP contribution in [0, 0.1) is 12.8 Å². The summed E-state index contributed by atoms with van der Waals surface area (Å²) in [4.78, 5) is 0.408. The van der Waals surface area contributed by atoms with Crippen LogP contribution in [0.2, 0.25) is 0 Å². The van der Waals surface area contributed by atoms with E-state index in [0.29, 0.717) is 29.8 Å². The van der Waals surface area contributed by atoms with E-state index in [-0.39, 0.29) is 0 Å². The predicted octanol–water partition coefficient (Wildman–Crippen LogP) is 3.54. The van der Waals surface area contributed by atoms with Crippen molar-refractivity contribution in [3.8, 4) is 0 Å². The number of aryl methyl sites for hydroxylation is 1. The molecule has 1 saturated heterocycles. The molecule has 0 spiro atoms. The Labute approximate surface area is 127 Å². The minimum Gasteiger partial charge on any atom is -0.207 e. The molecule has 0 saturated carbocycles. The monoisotopic (exact) mass is 315 g/mol. The van der Waals surface area contributed by atoms with Gasteiger partial charge in [-0.1, -0.05) is 19.1 Å². The van der Waals surface area contributed by atoms with Gasteiger partial charge in [0.05, 0.1) is 4.90 Å². The zero-order chi connectivity index (χ0) is 14.8. The van der Waals surface area contributed by atoms with E-state index in [4.69, 9.17) is 11.6 Å². The molecular formula is C15H22ClNO2S. The summed E-state index contributed by atoms with van der Waals surface area (Å²) in [7, 11) is -3.40. The van der Waals surface area contributed by atoms with Crippen LogP contribution in [-0.2, 0) is 15.9 Å². The van der Waals surface area contributed by atoms with Gasteiger partial charge in [0.2, 0.25) is 10.0 Å². The van der Waals surface area contributed by atoms with Gasteiger partial charge in [0.25, 0.3) is 0 Å². The third-order valence-electron chi connectivity index (χ3n) is 4.00. The number of hydrogen-bond acceptors (Lipinski definition) is 2. The first-order valence-electron chi connectivity index (χ1n) is 7.11. The molecule has 0 aliphatic carbocycles. The van der Waals surface area contributed by atoms with E-state index < -0.39 is 10.0 Å². The number of hydrogen-bond donors (Lipinski definition) is 0. The van der Waals surface area contributed by atoms with Crippen LogP contribution in [0.3, 0.4) is 0 Å². The molecule has 3 nitrogen and oxygen atoms in total. The number of benzene rings is 1. The summed E-state index contributed by atoms with van der Waals surface area (Å²) in [6.45, 7) is 5.27. The smallest absolute Gasteiger partial charge is 0.207 e. The summed E-state index contributed by atoms with van der Waals surface area (Å²) in [5, 5.41) is 0. The Morgan fingerprint density at radius 3 is 2.75 bits per heavy atom. The predicted molar refractivity (Wildman–Crippen MR) is 82.5 cm³/mol. The van der Waals surface area contributed by atoms with Crippen LogP contribution in [-0.4, -0.2) is 25.8 Å². The lowest BCUT2D eigenvalue weighted by atomic mass is 10.0. The molecule has 0 aromatic heterocycles. The Bertz CT molecular complexity index is 571. The summed E-state index contributed by atoms with van der Waals surface area (Å²) < 4.78 is 27.3. The fraction of sp³-hybridized carbons (Fsp3) is 0.600. The molecular weight excluding hydrogens is 294 g/mol. The lowest BCUT2D eigenvalue weighted by Crippen LogP contribution is -2.32. The van der Waals surface area contributed by atoms with Crippen molar-refractivity contribution < 1.29 is 8.42 Å². The molecule has 0 amide bonds. The fourth-order valence-electron chi connectivity index (χ4n) is 2.62. The van der Waals surface area contributed by atoms with Crippen LogP contribution in [0.15, 0.2) is 23.1 Å². The van der Waals surface area contributed by atoms with E-state index in [0.717, 1.165) is 30.4 Å². The number of sulfonamides is 1. The first-order valence-corrected chi connectivity index (χ1v) is 9.08. The van der Waals surface area contributed by atoms with Crippen molar-refractivity contribution in [3.05, 3.63) is 29.3 Å². The Morgan fingerprint density at radius 1 is 1.30 bits per heavy atom. The average molecular weight is 316 g/mol. The molecule has 1 unspecified atom stereocenters. The molecule has 5 heteroatoms. The minimum absolute atomic E-state index is 0.333. The molecule has 2 rings (SSSR count). The Hall–Kier alpha value is -0.580. The van der Waals surface area contributed by atoms with Crippen molar-refractivity contribution in [1.82, 2.24) is 4.31 Å². The molecule has 20 heavy (non-hydrogen) atoms. The van der Waals surface area contributed by atoms with Crippen molar-refractivity contribution in [2.24, 2.45) is 5.92 Å². The summed E-state index contributed by atoms with van der Waals surface area (Å²) in [6.07, 6.45) is 2.98. The highest BCUT2D eigenvalue weighted by molar-refractivity contribution is 7.89. The first kappa shape index (κ1) is 15.8. The van der Waals surface area contributed by atoms with Crippen LogP contribution in [0.4, 0.5) is 0 Å². The van der Waals surface area contributed by atoms with E-state index in [9.17, 15) is 8.42 Å². The maximum Gasteiger partial charge on any atom is 0.243 e. The Balaban J connectivity index is 2.34. The second kappa shape index (κ2) is 6.46. The largest absolute Gasteiger partial charge is 0.243 e. The maximum atomic E-state index is 12.8. The summed E-state index contributed by atoms with van der Waals surface area (Å²) in [6, 6.07) is 5.43. The van der Waals surface area contributed by atoms with Gasteiger partial charge in [0.1, 0.15) is 0 Å². The lowest BCUT2D eigenvalue weighted by Gasteiger charge is -2.21. The SMILES string of the molecule is Cc1ccc(CCl)cc1S(=O)(=O)N1CCCC(C)CC1.